The van der Waals surface area contributed by atoms with Crippen molar-refractivity contribution in [2.75, 3.05) is 38.1 Å². The summed E-state index contributed by atoms with van der Waals surface area (Å²) in [5, 5.41) is 10.5. The molecule has 0 amide bonds. The Morgan fingerprint density at radius 1 is 1.24 bits per heavy atom. The second-order valence-electron chi connectivity index (χ2n) is 4.14. The second-order valence-corrected chi connectivity index (χ2v) is 4.14. The van der Waals surface area contributed by atoms with Crippen molar-refractivity contribution in [2.24, 2.45) is 0 Å². The van der Waals surface area contributed by atoms with Gasteiger partial charge in [0.05, 0.1) is 4.92 Å². The van der Waals surface area contributed by atoms with Gasteiger partial charge in [-0.25, -0.2) is 9.97 Å². The highest BCUT2D eigenvalue weighted by molar-refractivity contribution is 5.34. The molecule has 17 heavy (non-hydrogen) atoms. The van der Waals surface area contributed by atoms with Gasteiger partial charge in [0.25, 0.3) is 0 Å². The van der Waals surface area contributed by atoms with E-state index in [1.54, 1.807) is 0 Å². The molecule has 0 aromatic carbocycles. The van der Waals surface area contributed by atoms with E-state index in [1.807, 2.05) is 0 Å². The van der Waals surface area contributed by atoms with Crippen LogP contribution >= 0.6 is 0 Å². The predicted octanol–water partition coefficient (Wildman–Crippen LogP) is 0.527. The molecule has 0 aliphatic carbocycles. The minimum atomic E-state index is -0.486. The summed E-state index contributed by atoms with van der Waals surface area (Å²) in [6.07, 6.45) is 3.57. The van der Waals surface area contributed by atoms with Crippen LogP contribution in [0, 0.1) is 10.1 Å². The molecule has 2 heterocycles. The molecular weight excluding hydrogens is 222 g/mol. The molecule has 2 rings (SSSR count). The van der Waals surface area contributed by atoms with Crippen molar-refractivity contribution in [1.82, 2.24) is 14.9 Å². The molecule has 0 unspecified atom stereocenters. The van der Waals surface area contributed by atoms with Crippen LogP contribution in [0.3, 0.4) is 0 Å². The minimum absolute atomic E-state index is 0.0688. The lowest BCUT2D eigenvalue weighted by molar-refractivity contribution is -0.385. The Hall–Kier alpha value is -1.76. The number of anilines is 1. The Bertz CT molecular complexity index is 394. The van der Waals surface area contributed by atoms with E-state index in [2.05, 4.69) is 26.8 Å². The molecule has 92 valence electrons. The Morgan fingerprint density at radius 3 is 2.59 bits per heavy atom. The summed E-state index contributed by atoms with van der Waals surface area (Å²) in [4.78, 5) is 22.4. The fraction of sp³-hybridized carbons (Fsp3) is 0.600. The molecule has 1 saturated heterocycles. The summed E-state index contributed by atoms with van der Waals surface area (Å²) in [5.41, 5.74) is -0.0688. The first kappa shape index (κ1) is 11.7. The molecule has 0 saturated carbocycles. The van der Waals surface area contributed by atoms with E-state index in [9.17, 15) is 10.1 Å². The average Bonchev–Trinajstić information content (AvgIpc) is 2.54. The van der Waals surface area contributed by atoms with Gasteiger partial charge in [-0.3, -0.25) is 10.1 Å². The molecule has 1 aromatic rings. The molecule has 7 heteroatoms. The lowest BCUT2D eigenvalue weighted by Crippen LogP contribution is -2.30. The first-order valence-corrected chi connectivity index (χ1v) is 5.57. The zero-order chi connectivity index (χ0) is 12.3. The summed E-state index contributed by atoms with van der Waals surface area (Å²) >= 11 is 0. The topological polar surface area (TPSA) is 75.4 Å². The molecule has 1 aliphatic rings. The van der Waals surface area contributed by atoms with Crippen LogP contribution in [0.15, 0.2) is 12.4 Å². The monoisotopic (exact) mass is 237 g/mol. The summed E-state index contributed by atoms with van der Waals surface area (Å²) < 4.78 is 0. The largest absolute Gasteiger partial charge is 0.339 e. The van der Waals surface area contributed by atoms with Crippen LogP contribution in [0.5, 0.6) is 0 Å². The molecule has 1 aliphatic heterocycles. The first-order chi connectivity index (χ1) is 8.16. The van der Waals surface area contributed by atoms with Crippen LogP contribution in [-0.2, 0) is 0 Å². The van der Waals surface area contributed by atoms with Gasteiger partial charge in [-0.05, 0) is 20.0 Å². The smallest absolute Gasteiger partial charge is 0.305 e. The SMILES string of the molecule is CN1CCCN(c2ncc([N+](=O)[O-])cn2)CC1. The van der Waals surface area contributed by atoms with E-state index in [0.717, 1.165) is 32.6 Å². The highest BCUT2D eigenvalue weighted by Crippen LogP contribution is 2.13. The third kappa shape index (κ3) is 2.88. The van der Waals surface area contributed by atoms with Gasteiger partial charge in [0.2, 0.25) is 5.95 Å². The summed E-state index contributed by atoms with van der Waals surface area (Å²) in [5.74, 6) is 0.575. The lowest BCUT2D eigenvalue weighted by Gasteiger charge is -2.19. The number of nitrogens with zero attached hydrogens (tertiary/aromatic N) is 5. The number of aromatic nitrogens is 2. The van der Waals surface area contributed by atoms with Crippen molar-refractivity contribution < 1.29 is 4.92 Å². The van der Waals surface area contributed by atoms with Crippen LogP contribution in [0.4, 0.5) is 11.6 Å². The van der Waals surface area contributed by atoms with Crippen LogP contribution < -0.4 is 4.90 Å². The fourth-order valence-corrected chi connectivity index (χ4v) is 1.82. The molecule has 0 N–H and O–H groups in total. The van der Waals surface area contributed by atoms with Gasteiger partial charge < -0.3 is 9.80 Å². The lowest BCUT2D eigenvalue weighted by atomic mass is 10.4. The standard InChI is InChI=1S/C10H15N5O2/c1-13-3-2-4-14(6-5-13)10-11-7-9(8-12-10)15(16)17/h7-8H,2-6H2,1H3. The molecule has 0 atom stereocenters. The number of hydrogen-bond acceptors (Lipinski definition) is 6. The van der Waals surface area contributed by atoms with Crippen molar-refractivity contribution in [2.45, 2.75) is 6.42 Å². The van der Waals surface area contributed by atoms with E-state index in [1.165, 1.54) is 12.4 Å². The highest BCUT2D eigenvalue weighted by Gasteiger charge is 2.15. The summed E-state index contributed by atoms with van der Waals surface area (Å²) in [6.45, 7) is 3.76. The first-order valence-electron chi connectivity index (χ1n) is 5.57. The second kappa shape index (κ2) is 5.05. The molecule has 0 bridgehead atoms. The molecular formula is C10H15N5O2. The average molecular weight is 237 g/mol. The van der Waals surface area contributed by atoms with Crippen molar-refractivity contribution in [1.29, 1.82) is 0 Å². The Balaban J connectivity index is 2.08. The summed E-state index contributed by atoms with van der Waals surface area (Å²) in [6, 6.07) is 0. The Morgan fingerprint density at radius 2 is 1.94 bits per heavy atom. The molecule has 1 fully saturated rings. The minimum Gasteiger partial charge on any atom is -0.339 e. The molecule has 0 radical (unpaired) electrons. The van der Waals surface area contributed by atoms with E-state index < -0.39 is 4.92 Å². The van der Waals surface area contributed by atoms with E-state index in [4.69, 9.17) is 0 Å². The summed E-state index contributed by atoms with van der Waals surface area (Å²) in [7, 11) is 2.08. The van der Waals surface area contributed by atoms with Crippen LogP contribution in [0.1, 0.15) is 6.42 Å². The Labute approximate surface area is 99.2 Å². The number of likely N-dealkylation sites (N-methyl/N-ethyl adjacent to an activating group) is 1. The molecule has 0 spiro atoms. The third-order valence-electron chi connectivity index (χ3n) is 2.84. The van der Waals surface area contributed by atoms with Crippen molar-refractivity contribution in [3.05, 3.63) is 22.5 Å². The predicted molar refractivity (Wildman–Crippen MR) is 63.0 cm³/mol. The van der Waals surface area contributed by atoms with Gasteiger partial charge in [-0.15, -0.1) is 0 Å². The highest BCUT2D eigenvalue weighted by atomic mass is 16.6. The maximum Gasteiger partial charge on any atom is 0.305 e. The third-order valence-corrected chi connectivity index (χ3v) is 2.84. The molecule has 1 aromatic heterocycles. The quantitative estimate of drug-likeness (QED) is 0.551. The van der Waals surface area contributed by atoms with Crippen molar-refractivity contribution in [3.8, 4) is 0 Å². The van der Waals surface area contributed by atoms with E-state index in [0.29, 0.717) is 5.95 Å². The van der Waals surface area contributed by atoms with Gasteiger partial charge in [0.15, 0.2) is 0 Å². The van der Waals surface area contributed by atoms with Gasteiger partial charge in [0, 0.05) is 19.6 Å². The van der Waals surface area contributed by atoms with Crippen molar-refractivity contribution >= 4 is 11.6 Å². The van der Waals surface area contributed by atoms with E-state index in [-0.39, 0.29) is 5.69 Å². The number of nitro groups is 1. The molecule has 7 nitrogen and oxygen atoms in total. The zero-order valence-electron chi connectivity index (χ0n) is 9.74. The van der Waals surface area contributed by atoms with Gasteiger partial charge >= 0.3 is 5.69 Å². The Kier molecular flexibility index (Phi) is 3.48. The number of hydrogen-bond donors (Lipinski definition) is 0. The normalized spacial score (nSPS) is 17.8. The van der Waals surface area contributed by atoms with Crippen LogP contribution in [0.25, 0.3) is 0 Å². The zero-order valence-corrected chi connectivity index (χ0v) is 9.74. The van der Waals surface area contributed by atoms with Gasteiger partial charge in [-0.1, -0.05) is 0 Å². The van der Waals surface area contributed by atoms with Crippen LogP contribution in [-0.4, -0.2) is 53.0 Å². The fourth-order valence-electron chi connectivity index (χ4n) is 1.82. The number of rotatable bonds is 2. The van der Waals surface area contributed by atoms with Crippen molar-refractivity contribution in [3.63, 3.8) is 0 Å². The van der Waals surface area contributed by atoms with Crippen LogP contribution in [0.2, 0.25) is 0 Å². The van der Waals surface area contributed by atoms with Gasteiger partial charge in [-0.2, -0.15) is 0 Å². The maximum atomic E-state index is 10.5. The van der Waals surface area contributed by atoms with Gasteiger partial charge in [0.1, 0.15) is 12.4 Å². The van der Waals surface area contributed by atoms with E-state index >= 15 is 0 Å². The maximum absolute atomic E-state index is 10.5.